The molecule has 174 valence electrons. The fourth-order valence-corrected chi connectivity index (χ4v) is 5.27. The smallest absolute Gasteiger partial charge is 0.255 e. The van der Waals surface area contributed by atoms with Crippen molar-refractivity contribution in [3.8, 4) is 11.5 Å². The van der Waals surface area contributed by atoms with E-state index in [-0.39, 0.29) is 10.8 Å². The second-order valence-electron chi connectivity index (χ2n) is 8.01. The SMILES string of the molecule is Cc1ccc(S(=O)(=O)N2CCOCC2)cc1C(=O)Nc1ccc(-c2nc3ccccc3o2)cc1. The van der Waals surface area contributed by atoms with Crippen LogP contribution in [0.15, 0.2) is 76.0 Å². The lowest BCUT2D eigenvalue weighted by Gasteiger charge is -2.26. The van der Waals surface area contributed by atoms with Crippen molar-refractivity contribution in [1.29, 1.82) is 0 Å². The number of hydrogen-bond acceptors (Lipinski definition) is 6. The predicted octanol–water partition coefficient (Wildman–Crippen LogP) is 4.08. The van der Waals surface area contributed by atoms with Gasteiger partial charge in [0.15, 0.2) is 5.58 Å². The van der Waals surface area contributed by atoms with Gasteiger partial charge in [-0.3, -0.25) is 4.79 Å². The molecule has 4 aromatic rings. The van der Waals surface area contributed by atoms with E-state index in [0.717, 1.165) is 11.1 Å². The van der Waals surface area contributed by atoms with Crippen LogP contribution in [0.1, 0.15) is 15.9 Å². The average Bonchev–Trinajstić information content (AvgIpc) is 3.29. The highest BCUT2D eigenvalue weighted by Gasteiger charge is 2.27. The van der Waals surface area contributed by atoms with Crippen LogP contribution in [-0.2, 0) is 14.8 Å². The number of fused-ring (bicyclic) bond motifs is 1. The number of oxazole rings is 1. The summed E-state index contributed by atoms with van der Waals surface area (Å²) in [6.07, 6.45) is 0. The van der Waals surface area contributed by atoms with Crippen LogP contribution in [0.2, 0.25) is 0 Å². The molecule has 0 atom stereocenters. The van der Waals surface area contributed by atoms with Crippen LogP contribution in [0.3, 0.4) is 0 Å². The Hall–Kier alpha value is -3.53. The second kappa shape index (κ2) is 9.02. The topological polar surface area (TPSA) is 102 Å². The van der Waals surface area contributed by atoms with Crippen LogP contribution in [-0.4, -0.2) is 49.9 Å². The van der Waals surface area contributed by atoms with E-state index in [1.54, 1.807) is 25.1 Å². The number of anilines is 1. The monoisotopic (exact) mass is 477 g/mol. The van der Waals surface area contributed by atoms with E-state index in [9.17, 15) is 13.2 Å². The van der Waals surface area contributed by atoms with Crippen molar-refractivity contribution < 1.29 is 22.4 Å². The predicted molar refractivity (Wildman–Crippen MR) is 128 cm³/mol. The van der Waals surface area contributed by atoms with Crippen molar-refractivity contribution in [2.45, 2.75) is 11.8 Å². The summed E-state index contributed by atoms with van der Waals surface area (Å²) in [4.78, 5) is 17.6. The minimum Gasteiger partial charge on any atom is -0.436 e. The van der Waals surface area contributed by atoms with Crippen LogP contribution in [0, 0.1) is 6.92 Å². The zero-order valence-corrected chi connectivity index (χ0v) is 19.3. The third kappa shape index (κ3) is 4.33. The van der Waals surface area contributed by atoms with Crippen LogP contribution in [0.4, 0.5) is 5.69 Å². The maximum absolute atomic E-state index is 13.0. The first kappa shape index (κ1) is 22.3. The van der Waals surface area contributed by atoms with Gasteiger partial charge in [-0.25, -0.2) is 13.4 Å². The molecule has 1 saturated heterocycles. The van der Waals surface area contributed by atoms with Crippen LogP contribution < -0.4 is 5.32 Å². The van der Waals surface area contributed by atoms with Gasteiger partial charge in [0.1, 0.15) is 5.52 Å². The summed E-state index contributed by atoms with van der Waals surface area (Å²) in [6.45, 7) is 3.08. The first-order valence-corrected chi connectivity index (χ1v) is 12.3. The summed E-state index contributed by atoms with van der Waals surface area (Å²) in [6, 6.07) is 19.3. The summed E-state index contributed by atoms with van der Waals surface area (Å²) >= 11 is 0. The van der Waals surface area contributed by atoms with Gasteiger partial charge < -0.3 is 14.5 Å². The van der Waals surface area contributed by atoms with E-state index in [1.165, 1.54) is 16.4 Å². The molecule has 1 amide bonds. The normalized spacial score (nSPS) is 14.9. The van der Waals surface area contributed by atoms with E-state index in [4.69, 9.17) is 9.15 Å². The van der Waals surface area contributed by atoms with E-state index < -0.39 is 10.0 Å². The van der Waals surface area contributed by atoms with Crippen LogP contribution in [0.25, 0.3) is 22.6 Å². The molecule has 1 N–H and O–H groups in total. The zero-order valence-electron chi connectivity index (χ0n) is 18.5. The Morgan fingerprint density at radius 3 is 2.47 bits per heavy atom. The first-order chi connectivity index (χ1) is 16.4. The number of rotatable bonds is 5. The number of nitrogens with one attached hydrogen (secondary N) is 1. The van der Waals surface area contributed by atoms with E-state index in [2.05, 4.69) is 10.3 Å². The number of nitrogens with zero attached hydrogens (tertiary/aromatic N) is 2. The number of sulfonamides is 1. The number of morpholine rings is 1. The number of ether oxygens (including phenoxy) is 1. The van der Waals surface area contributed by atoms with Crippen molar-refractivity contribution in [2.75, 3.05) is 31.6 Å². The number of amides is 1. The van der Waals surface area contributed by atoms with Crippen molar-refractivity contribution in [3.05, 3.63) is 77.9 Å². The fourth-order valence-electron chi connectivity index (χ4n) is 3.83. The summed E-state index contributed by atoms with van der Waals surface area (Å²) in [5.74, 6) is 0.113. The van der Waals surface area contributed by atoms with E-state index in [0.29, 0.717) is 54.6 Å². The van der Waals surface area contributed by atoms with Crippen LogP contribution in [0.5, 0.6) is 0 Å². The number of aromatic nitrogens is 1. The number of benzene rings is 3. The standard InChI is InChI=1S/C25H23N3O5S/c1-17-6-11-20(34(30,31)28-12-14-32-15-13-28)16-21(17)24(29)26-19-9-7-18(8-10-19)25-27-22-4-2-3-5-23(22)33-25/h2-11,16H,12-15H2,1H3,(H,26,29). The molecule has 0 spiro atoms. The molecule has 2 heterocycles. The Kier molecular flexibility index (Phi) is 5.91. The molecule has 1 aliphatic rings. The molecule has 5 rings (SSSR count). The minimum absolute atomic E-state index is 0.0939. The number of para-hydroxylation sites is 2. The molecule has 0 saturated carbocycles. The lowest BCUT2D eigenvalue weighted by Crippen LogP contribution is -2.40. The molecular weight excluding hydrogens is 454 g/mol. The number of carbonyl (C=O) groups is 1. The molecule has 1 fully saturated rings. The minimum atomic E-state index is -3.70. The molecule has 8 nitrogen and oxygen atoms in total. The zero-order chi connectivity index (χ0) is 23.7. The van der Waals surface area contributed by atoms with Gasteiger partial charge in [0.25, 0.3) is 5.91 Å². The van der Waals surface area contributed by atoms with E-state index in [1.807, 2.05) is 36.4 Å². The Labute approximate surface area is 197 Å². The third-order valence-electron chi connectivity index (χ3n) is 5.75. The highest BCUT2D eigenvalue weighted by molar-refractivity contribution is 7.89. The highest BCUT2D eigenvalue weighted by atomic mass is 32.2. The number of aryl methyl sites for hydroxylation is 1. The van der Waals surface area contributed by atoms with Crippen molar-refractivity contribution in [3.63, 3.8) is 0 Å². The summed E-state index contributed by atoms with van der Waals surface area (Å²) in [7, 11) is -3.70. The third-order valence-corrected chi connectivity index (χ3v) is 7.64. The molecule has 1 aromatic heterocycles. The van der Waals surface area contributed by atoms with Gasteiger partial charge in [-0.15, -0.1) is 0 Å². The molecule has 9 heteroatoms. The molecule has 1 aliphatic heterocycles. The maximum atomic E-state index is 13.0. The Morgan fingerprint density at radius 1 is 1.00 bits per heavy atom. The molecule has 0 bridgehead atoms. The largest absolute Gasteiger partial charge is 0.436 e. The first-order valence-electron chi connectivity index (χ1n) is 10.9. The van der Waals surface area contributed by atoms with Crippen molar-refractivity contribution >= 4 is 32.7 Å². The summed E-state index contributed by atoms with van der Waals surface area (Å²) in [5.41, 5.74) is 3.82. The van der Waals surface area contributed by atoms with Crippen molar-refractivity contribution in [2.24, 2.45) is 0 Å². The summed E-state index contributed by atoms with van der Waals surface area (Å²) < 4.78 is 38.4. The molecule has 34 heavy (non-hydrogen) atoms. The Morgan fingerprint density at radius 2 is 1.74 bits per heavy atom. The van der Waals surface area contributed by atoms with Gasteiger partial charge in [-0.2, -0.15) is 4.31 Å². The molecule has 0 radical (unpaired) electrons. The Bertz CT molecular complexity index is 1420. The molecule has 3 aromatic carbocycles. The number of hydrogen-bond donors (Lipinski definition) is 1. The van der Waals surface area contributed by atoms with Gasteiger partial charge in [-0.05, 0) is 61.0 Å². The second-order valence-corrected chi connectivity index (χ2v) is 9.95. The van der Waals surface area contributed by atoms with E-state index >= 15 is 0 Å². The molecule has 0 aliphatic carbocycles. The van der Waals surface area contributed by atoms with Crippen molar-refractivity contribution in [1.82, 2.24) is 9.29 Å². The highest BCUT2D eigenvalue weighted by Crippen LogP contribution is 2.26. The molecular formula is C25H23N3O5S. The van der Waals surface area contributed by atoms with Gasteiger partial charge in [-0.1, -0.05) is 18.2 Å². The summed E-state index contributed by atoms with van der Waals surface area (Å²) in [5, 5.41) is 2.84. The molecule has 0 unspecified atom stereocenters. The maximum Gasteiger partial charge on any atom is 0.255 e. The van der Waals surface area contributed by atoms with Crippen LogP contribution >= 0.6 is 0 Å². The number of carbonyl (C=O) groups excluding carboxylic acids is 1. The average molecular weight is 478 g/mol. The Balaban J connectivity index is 1.35. The quantitative estimate of drug-likeness (QED) is 0.465. The van der Waals surface area contributed by atoms with Gasteiger partial charge in [0.05, 0.1) is 18.1 Å². The van der Waals surface area contributed by atoms with Gasteiger partial charge >= 0.3 is 0 Å². The lowest BCUT2D eigenvalue weighted by molar-refractivity contribution is 0.0730. The van der Waals surface area contributed by atoms with Gasteiger partial charge in [0.2, 0.25) is 15.9 Å². The lowest BCUT2D eigenvalue weighted by atomic mass is 10.1. The fraction of sp³-hybridized carbons (Fsp3) is 0.200. The van der Waals surface area contributed by atoms with Gasteiger partial charge in [0, 0.05) is 29.9 Å².